The first-order chi connectivity index (χ1) is 8.92. The Kier molecular flexibility index (Phi) is 3.77. The van der Waals surface area contributed by atoms with Gasteiger partial charge in [-0.25, -0.2) is 12.8 Å². The third-order valence-electron chi connectivity index (χ3n) is 2.45. The van der Waals surface area contributed by atoms with Gasteiger partial charge in [0.2, 0.25) is 0 Å². The number of aromatic hydroxyl groups is 1. The van der Waals surface area contributed by atoms with Crippen LogP contribution >= 0.6 is 11.3 Å². The number of sulfonamides is 1. The lowest BCUT2D eigenvalue weighted by Crippen LogP contribution is -2.11. The van der Waals surface area contributed by atoms with Crippen LogP contribution in [0, 0.1) is 5.82 Å². The summed E-state index contributed by atoms with van der Waals surface area (Å²) in [6, 6.07) is 6.35. The molecule has 2 aromatic rings. The molecule has 0 saturated carbocycles. The summed E-state index contributed by atoms with van der Waals surface area (Å²) in [6.45, 7) is 1.93. The van der Waals surface area contributed by atoms with E-state index in [9.17, 15) is 17.9 Å². The molecule has 0 radical (unpaired) electrons. The number of thiophene rings is 1. The van der Waals surface area contributed by atoms with Gasteiger partial charge < -0.3 is 5.11 Å². The van der Waals surface area contributed by atoms with Gasteiger partial charge in [-0.3, -0.25) is 4.72 Å². The monoisotopic (exact) mass is 301 g/mol. The van der Waals surface area contributed by atoms with Crippen LogP contribution in [-0.2, 0) is 16.4 Å². The standard InChI is InChI=1S/C12H12FNO3S2/c1-2-9-4-6-12(18-9)19(16,17)14-10-5-3-8(13)7-11(10)15/h3-7,14-15H,2H2,1H3. The van der Waals surface area contributed by atoms with Gasteiger partial charge in [-0.1, -0.05) is 6.92 Å². The van der Waals surface area contributed by atoms with Crippen LogP contribution in [0.1, 0.15) is 11.8 Å². The Morgan fingerprint density at radius 2 is 2.05 bits per heavy atom. The van der Waals surface area contributed by atoms with Crippen LogP contribution in [0.15, 0.2) is 34.5 Å². The molecule has 1 heterocycles. The van der Waals surface area contributed by atoms with Crippen molar-refractivity contribution in [2.75, 3.05) is 4.72 Å². The normalized spacial score (nSPS) is 11.5. The van der Waals surface area contributed by atoms with E-state index in [1.54, 1.807) is 6.07 Å². The molecule has 0 aliphatic heterocycles. The molecular formula is C12H12FNO3S2. The van der Waals surface area contributed by atoms with Crippen molar-refractivity contribution >= 4 is 27.0 Å². The molecule has 0 saturated heterocycles. The van der Waals surface area contributed by atoms with Crippen molar-refractivity contribution in [2.45, 2.75) is 17.6 Å². The maximum atomic E-state index is 12.8. The average Bonchev–Trinajstić information content (AvgIpc) is 2.82. The second kappa shape index (κ2) is 5.18. The average molecular weight is 301 g/mol. The number of aryl methyl sites for hydroxylation is 1. The Bertz CT molecular complexity index is 695. The van der Waals surface area contributed by atoms with Gasteiger partial charge in [0.1, 0.15) is 15.8 Å². The van der Waals surface area contributed by atoms with Crippen LogP contribution < -0.4 is 4.72 Å². The quantitative estimate of drug-likeness (QED) is 0.853. The van der Waals surface area contributed by atoms with Gasteiger partial charge >= 0.3 is 0 Å². The summed E-state index contributed by atoms with van der Waals surface area (Å²) in [5.41, 5.74) is -0.0483. The zero-order valence-electron chi connectivity index (χ0n) is 10.1. The number of phenols is 1. The Hall–Kier alpha value is -1.60. The van der Waals surface area contributed by atoms with Crippen molar-refractivity contribution in [1.29, 1.82) is 0 Å². The zero-order chi connectivity index (χ0) is 14.0. The van der Waals surface area contributed by atoms with Gasteiger partial charge in [-0.2, -0.15) is 0 Å². The molecular weight excluding hydrogens is 289 g/mol. The van der Waals surface area contributed by atoms with Gasteiger partial charge in [0.05, 0.1) is 5.69 Å². The third-order valence-corrected chi connectivity index (χ3v) is 5.54. The number of anilines is 1. The van der Waals surface area contributed by atoms with Crippen molar-refractivity contribution in [1.82, 2.24) is 0 Å². The van der Waals surface area contributed by atoms with Crippen molar-refractivity contribution in [3.8, 4) is 5.75 Å². The van der Waals surface area contributed by atoms with E-state index in [1.807, 2.05) is 6.92 Å². The molecule has 4 nitrogen and oxygen atoms in total. The maximum Gasteiger partial charge on any atom is 0.271 e. The molecule has 0 fully saturated rings. The summed E-state index contributed by atoms with van der Waals surface area (Å²) < 4.78 is 39.3. The second-order valence-electron chi connectivity index (χ2n) is 3.84. The predicted molar refractivity (Wildman–Crippen MR) is 72.6 cm³/mol. The van der Waals surface area contributed by atoms with Crippen molar-refractivity contribution < 1.29 is 17.9 Å². The zero-order valence-corrected chi connectivity index (χ0v) is 11.7. The number of nitrogens with one attached hydrogen (secondary N) is 1. The first-order valence-electron chi connectivity index (χ1n) is 5.52. The van der Waals surface area contributed by atoms with Crippen LogP contribution in [-0.4, -0.2) is 13.5 Å². The predicted octanol–water partition coefficient (Wildman–Crippen LogP) is 2.96. The highest BCUT2D eigenvalue weighted by molar-refractivity contribution is 7.94. The fourth-order valence-electron chi connectivity index (χ4n) is 1.48. The van der Waals surface area contributed by atoms with Crippen LogP contribution in [0.5, 0.6) is 5.75 Å². The van der Waals surface area contributed by atoms with Crippen molar-refractivity contribution in [3.05, 3.63) is 41.0 Å². The minimum Gasteiger partial charge on any atom is -0.506 e. The number of benzene rings is 1. The Labute approximate surface area is 114 Å². The number of halogens is 1. The molecule has 102 valence electrons. The minimum absolute atomic E-state index is 0.0483. The van der Waals surface area contributed by atoms with Crippen LogP contribution in [0.3, 0.4) is 0 Å². The van der Waals surface area contributed by atoms with E-state index in [2.05, 4.69) is 4.72 Å². The molecule has 0 spiro atoms. The number of hydrogen-bond acceptors (Lipinski definition) is 4. The smallest absolute Gasteiger partial charge is 0.271 e. The highest BCUT2D eigenvalue weighted by Crippen LogP contribution is 2.29. The summed E-state index contributed by atoms with van der Waals surface area (Å²) in [6.07, 6.45) is 0.752. The fraction of sp³-hybridized carbons (Fsp3) is 0.167. The summed E-state index contributed by atoms with van der Waals surface area (Å²) in [5.74, 6) is -1.08. The molecule has 0 aliphatic rings. The molecule has 2 N–H and O–H groups in total. The Balaban J connectivity index is 2.30. The van der Waals surface area contributed by atoms with E-state index in [0.29, 0.717) is 0 Å². The number of phenolic OH excluding ortho intramolecular Hbond substituents is 1. The SMILES string of the molecule is CCc1ccc(S(=O)(=O)Nc2ccc(F)cc2O)s1. The van der Waals surface area contributed by atoms with Crippen molar-refractivity contribution in [3.63, 3.8) is 0 Å². The van der Waals surface area contributed by atoms with E-state index in [4.69, 9.17) is 0 Å². The van der Waals surface area contributed by atoms with Crippen LogP contribution in [0.2, 0.25) is 0 Å². The first kappa shape index (κ1) is 13.8. The summed E-state index contributed by atoms with van der Waals surface area (Å²) in [4.78, 5) is 0.948. The van der Waals surface area contributed by atoms with E-state index < -0.39 is 21.6 Å². The number of rotatable bonds is 4. The fourth-order valence-corrected chi connectivity index (χ4v) is 3.85. The first-order valence-corrected chi connectivity index (χ1v) is 7.82. The van der Waals surface area contributed by atoms with Crippen LogP contribution in [0.4, 0.5) is 10.1 Å². The molecule has 0 aliphatic carbocycles. The lowest BCUT2D eigenvalue weighted by atomic mass is 10.3. The van der Waals surface area contributed by atoms with Gasteiger partial charge in [0, 0.05) is 10.9 Å². The Morgan fingerprint density at radius 3 is 2.63 bits per heavy atom. The van der Waals surface area contributed by atoms with E-state index in [0.717, 1.165) is 34.8 Å². The largest absolute Gasteiger partial charge is 0.506 e. The maximum absolute atomic E-state index is 12.8. The van der Waals surface area contributed by atoms with Gasteiger partial charge in [0.25, 0.3) is 10.0 Å². The third kappa shape index (κ3) is 3.05. The molecule has 1 aromatic heterocycles. The highest BCUT2D eigenvalue weighted by Gasteiger charge is 2.18. The topological polar surface area (TPSA) is 66.4 Å². The van der Waals surface area contributed by atoms with Crippen molar-refractivity contribution in [2.24, 2.45) is 0 Å². The molecule has 1 aromatic carbocycles. The molecule has 0 unspecified atom stereocenters. The molecule has 0 amide bonds. The van der Waals surface area contributed by atoms with Gasteiger partial charge in [-0.15, -0.1) is 11.3 Å². The highest BCUT2D eigenvalue weighted by atomic mass is 32.2. The van der Waals surface area contributed by atoms with Gasteiger partial charge in [-0.05, 0) is 30.7 Å². The second-order valence-corrected chi connectivity index (χ2v) is 6.92. The lowest BCUT2D eigenvalue weighted by molar-refractivity contribution is 0.471. The van der Waals surface area contributed by atoms with E-state index in [-0.39, 0.29) is 9.90 Å². The molecule has 0 atom stereocenters. The van der Waals surface area contributed by atoms with E-state index in [1.165, 1.54) is 12.1 Å². The van der Waals surface area contributed by atoms with E-state index >= 15 is 0 Å². The molecule has 0 bridgehead atoms. The summed E-state index contributed by atoms with van der Waals surface area (Å²) in [5, 5.41) is 9.49. The van der Waals surface area contributed by atoms with Crippen LogP contribution in [0.25, 0.3) is 0 Å². The summed E-state index contributed by atoms with van der Waals surface area (Å²) in [7, 11) is -3.75. The number of hydrogen-bond donors (Lipinski definition) is 2. The molecule has 2 rings (SSSR count). The minimum atomic E-state index is -3.75. The summed E-state index contributed by atoms with van der Waals surface area (Å²) >= 11 is 1.16. The molecule has 19 heavy (non-hydrogen) atoms. The Morgan fingerprint density at radius 1 is 1.32 bits per heavy atom. The molecule has 7 heteroatoms. The van der Waals surface area contributed by atoms with Gasteiger partial charge in [0.15, 0.2) is 0 Å². The lowest BCUT2D eigenvalue weighted by Gasteiger charge is -2.07.